The fourth-order valence-electron chi connectivity index (χ4n) is 2.01. The van der Waals surface area contributed by atoms with Gasteiger partial charge in [-0.3, -0.25) is 9.59 Å². The summed E-state index contributed by atoms with van der Waals surface area (Å²) in [5.41, 5.74) is 0.693. The standard InChI is InChI=1S/C17H17ClN2O3/c1-10(2)19-16(22)12-8-7-11(18)9-14(12)20-17(23)13-5-3-4-6-15(13)21/h3-10,21H,1-2H3,(H,19,22)(H,20,23). The number of rotatable bonds is 4. The molecule has 6 heteroatoms. The summed E-state index contributed by atoms with van der Waals surface area (Å²) >= 11 is 5.96. The van der Waals surface area contributed by atoms with Crippen LogP contribution in [-0.2, 0) is 0 Å². The summed E-state index contributed by atoms with van der Waals surface area (Å²) in [4.78, 5) is 24.5. The lowest BCUT2D eigenvalue weighted by Crippen LogP contribution is -2.31. The molecule has 23 heavy (non-hydrogen) atoms. The molecular formula is C17H17ClN2O3. The monoisotopic (exact) mass is 332 g/mol. The van der Waals surface area contributed by atoms with Gasteiger partial charge in [0.25, 0.3) is 11.8 Å². The van der Waals surface area contributed by atoms with Gasteiger partial charge >= 0.3 is 0 Å². The molecule has 0 aliphatic rings. The molecule has 0 unspecified atom stereocenters. The van der Waals surface area contributed by atoms with Crippen LogP contribution in [0.3, 0.4) is 0 Å². The van der Waals surface area contributed by atoms with Gasteiger partial charge in [-0.25, -0.2) is 0 Å². The Morgan fingerprint density at radius 2 is 1.74 bits per heavy atom. The van der Waals surface area contributed by atoms with Crippen molar-refractivity contribution in [2.24, 2.45) is 0 Å². The second-order valence-electron chi connectivity index (χ2n) is 5.29. The van der Waals surface area contributed by atoms with Crippen molar-refractivity contribution in [3.63, 3.8) is 0 Å². The minimum atomic E-state index is -0.524. The van der Waals surface area contributed by atoms with Crippen molar-refractivity contribution in [1.82, 2.24) is 5.32 Å². The van der Waals surface area contributed by atoms with E-state index in [0.29, 0.717) is 10.6 Å². The third kappa shape index (κ3) is 4.23. The summed E-state index contributed by atoms with van der Waals surface area (Å²) in [5.74, 6) is -0.978. The lowest BCUT2D eigenvalue weighted by molar-refractivity contribution is 0.0944. The van der Waals surface area contributed by atoms with E-state index in [0.717, 1.165) is 0 Å². The highest BCUT2D eigenvalue weighted by Gasteiger charge is 2.17. The fraction of sp³-hybridized carbons (Fsp3) is 0.176. The molecule has 0 heterocycles. The molecule has 2 aromatic rings. The van der Waals surface area contributed by atoms with Crippen LogP contribution in [0.2, 0.25) is 5.02 Å². The normalized spacial score (nSPS) is 10.4. The quantitative estimate of drug-likeness (QED) is 0.802. The summed E-state index contributed by atoms with van der Waals surface area (Å²) in [7, 11) is 0. The van der Waals surface area contributed by atoms with Gasteiger partial charge in [0.15, 0.2) is 0 Å². The van der Waals surface area contributed by atoms with E-state index in [9.17, 15) is 14.7 Å². The maximum Gasteiger partial charge on any atom is 0.259 e. The van der Waals surface area contributed by atoms with Gasteiger partial charge in [0.1, 0.15) is 5.75 Å². The minimum Gasteiger partial charge on any atom is -0.507 e. The predicted octanol–water partition coefficient (Wildman–Crippen LogP) is 3.44. The maximum absolute atomic E-state index is 12.3. The van der Waals surface area contributed by atoms with Gasteiger partial charge in [-0.05, 0) is 44.2 Å². The van der Waals surface area contributed by atoms with Gasteiger partial charge in [-0.1, -0.05) is 23.7 Å². The first-order valence-corrected chi connectivity index (χ1v) is 7.46. The van der Waals surface area contributed by atoms with Crippen LogP contribution in [0.5, 0.6) is 5.75 Å². The molecule has 2 amide bonds. The molecule has 0 saturated carbocycles. The lowest BCUT2D eigenvalue weighted by atomic mass is 10.1. The summed E-state index contributed by atoms with van der Waals surface area (Å²) in [5, 5.41) is 15.5. The van der Waals surface area contributed by atoms with Crippen LogP contribution in [0, 0.1) is 0 Å². The molecule has 0 aromatic heterocycles. The van der Waals surface area contributed by atoms with E-state index in [1.54, 1.807) is 24.3 Å². The zero-order valence-corrected chi connectivity index (χ0v) is 13.5. The number of nitrogens with one attached hydrogen (secondary N) is 2. The summed E-state index contributed by atoms with van der Waals surface area (Å²) < 4.78 is 0. The van der Waals surface area contributed by atoms with Crippen molar-refractivity contribution in [3.05, 3.63) is 58.6 Å². The van der Waals surface area contributed by atoms with Crippen LogP contribution in [0.4, 0.5) is 5.69 Å². The van der Waals surface area contributed by atoms with Crippen molar-refractivity contribution in [1.29, 1.82) is 0 Å². The van der Waals surface area contributed by atoms with Crippen LogP contribution >= 0.6 is 11.6 Å². The zero-order valence-electron chi connectivity index (χ0n) is 12.8. The molecule has 120 valence electrons. The number of hydrogen-bond acceptors (Lipinski definition) is 3. The number of hydrogen-bond donors (Lipinski definition) is 3. The SMILES string of the molecule is CC(C)NC(=O)c1ccc(Cl)cc1NC(=O)c1ccccc1O. The number of carbonyl (C=O) groups is 2. The number of carbonyl (C=O) groups excluding carboxylic acids is 2. The lowest BCUT2D eigenvalue weighted by Gasteiger charge is -2.14. The Morgan fingerprint density at radius 1 is 1.04 bits per heavy atom. The van der Waals surface area contributed by atoms with Crippen LogP contribution in [0.25, 0.3) is 0 Å². The van der Waals surface area contributed by atoms with Crippen LogP contribution in [-0.4, -0.2) is 23.0 Å². The summed E-state index contributed by atoms with van der Waals surface area (Å²) in [6, 6.07) is 10.7. The van der Waals surface area contributed by atoms with Crippen molar-refractivity contribution >= 4 is 29.1 Å². The Labute approximate surface area is 139 Å². The van der Waals surface area contributed by atoms with Crippen molar-refractivity contribution in [3.8, 4) is 5.75 Å². The van der Waals surface area contributed by atoms with E-state index in [4.69, 9.17) is 11.6 Å². The molecule has 0 radical (unpaired) electrons. The largest absolute Gasteiger partial charge is 0.507 e. The van der Waals surface area contributed by atoms with Crippen LogP contribution in [0.1, 0.15) is 34.6 Å². The third-order valence-corrected chi connectivity index (χ3v) is 3.28. The maximum atomic E-state index is 12.3. The molecule has 0 bridgehead atoms. The van der Waals surface area contributed by atoms with E-state index in [1.165, 1.54) is 18.2 Å². The topological polar surface area (TPSA) is 78.4 Å². The first-order valence-electron chi connectivity index (χ1n) is 7.08. The average molecular weight is 333 g/mol. The molecular weight excluding hydrogens is 316 g/mol. The number of benzene rings is 2. The Morgan fingerprint density at radius 3 is 2.39 bits per heavy atom. The Hall–Kier alpha value is -2.53. The third-order valence-electron chi connectivity index (χ3n) is 3.04. The van der Waals surface area contributed by atoms with Gasteiger partial charge in [0.2, 0.25) is 0 Å². The van der Waals surface area contributed by atoms with Gasteiger partial charge in [0.05, 0.1) is 16.8 Å². The summed E-state index contributed by atoms with van der Waals surface area (Å²) in [6.45, 7) is 3.68. The van der Waals surface area contributed by atoms with Crippen LogP contribution < -0.4 is 10.6 Å². The van der Waals surface area contributed by atoms with E-state index >= 15 is 0 Å². The van der Waals surface area contributed by atoms with Crippen molar-refractivity contribution < 1.29 is 14.7 Å². The van der Waals surface area contributed by atoms with E-state index in [1.807, 2.05) is 13.8 Å². The first kappa shape index (κ1) is 16.8. The number of halogens is 1. The highest BCUT2D eigenvalue weighted by atomic mass is 35.5. The number of amides is 2. The second-order valence-corrected chi connectivity index (χ2v) is 5.73. The van der Waals surface area contributed by atoms with Gasteiger partial charge in [0, 0.05) is 11.1 Å². The van der Waals surface area contributed by atoms with E-state index in [-0.39, 0.29) is 28.9 Å². The summed E-state index contributed by atoms with van der Waals surface area (Å²) in [6.07, 6.45) is 0. The van der Waals surface area contributed by atoms with Crippen LogP contribution in [0.15, 0.2) is 42.5 Å². The molecule has 0 atom stereocenters. The molecule has 0 fully saturated rings. The van der Waals surface area contributed by atoms with E-state index in [2.05, 4.69) is 10.6 Å². The Bertz CT molecular complexity index is 744. The smallest absolute Gasteiger partial charge is 0.259 e. The fourth-order valence-corrected chi connectivity index (χ4v) is 2.19. The van der Waals surface area contributed by atoms with Crippen molar-refractivity contribution in [2.75, 3.05) is 5.32 Å². The Kier molecular flexibility index (Phi) is 5.24. The second kappa shape index (κ2) is 7.15. The van der Waals surface area contributed by atoms with Gasteiger partial charge in [-0.2, -0.15) is 0 Å². The molecule has 5 nitrogen and oxygen atoms in total. The molecule has 3 N–H and O–H groups in total. The zero-order chi connectivity index (χ0) is 17.0. The first-order chi connectivity index (χ1) is 10.9. The minimum absolute atomic E-state index is 0.0418. The molecule has 0 spiro atoms. The number of para-hydroxylation sites is 1. The molecule has 0 aliphatic carbocycles. The number of phenolic OH excluding ortho intramolecular Hbond substituents is 1. The van der Waals surface area contributed by atoms with E-state index < -0.39 is 5.91 Å². The number of aromatic hydroxyl groups is 1. The molecule has 0 saturated heterocycles. The highest BCUT2D eigenvalue weighted by molar-refractivity contribution is 6.31. The number of phenols is 1. The molecule has 0 aliphatic heterocycles. The number of anilines is 1. The molecule has 2 rings (SSSR count). The predicted molar refractivity (Wildman–Crippen MR) is 90.1 cm³/mol. The average Bonchev–Trinajstić information content (AvgIpc) is 2.46. The van der Waals surface area contributed by atoms with Gasteiger partial charge in [-0.15, -0.1) is 0 Å². The highest BCUT2D eigenvalue weighted by Crippen LogP contribution is 2.23. The molecule has 2 aromatic carbocycles. The Balaban J connectivity index is 2.32. The van der Waals surface area contributed by atoms with Gasteiger partial charge < -0.3 is 15.7 Å². The van der Waals surface area contributed by atoms with Crippen molar-refractivity contribution in [2.45, 2.75) is 19.9 Å².